The van der Waals surface area contributed by atoms with Crippen molar-refractivity contribution in [2.75, 3.05) is 39.8 Å². The number of carbonyl (C=O) groups is 2. The second-order valence-electron chi connectivity index (χ2n) is 7.06. The molecule has 0 spiro atoms. The monoisotopic (exact) mass is 339 g/mol. The number of β-amino-alcohol motifs (C(OH)–C–C–N with tert-alkyl or cyclic N) is 1. The first kappa shape index (κ1) is 19.2. The standard InChI is InChI=1S/C16H27N3O3.C2H6/c1-17-7-4-13(5-8-17)19-6-2-3-12(16(19)22)9-15(21)18-10-14(20)11-18;1-2/h12-14,20H,2-11H2,1H3;1-2H3. The molecule has 6 nitrogen and oxygen atoms in total. The fraction of sp³-hybridized carbons (Fsp3) is 0.889. The minimum Gasteiger partial charge on any atom is -0.389 e. The Morgan fingerprint density at radius 1 is 1.12 bits per heavy atom. The molecule has 2 amide bonds. The zero-order valence-electron chi connectivity index (χ0n) is 15.4. The molecule has 1 atom stereocenters. The second kappa shape index (κ2) is 8.81. The Morgan fingerprint density at radius 2 is 1.75 bits per heavy atom. The molecule has 1 N–H and O–H groups in total. The quantitative estimate of drug-likeness (QED) is 0.831. The Bertz CT molecular complexity index is 429. The van der Waals surface area contributed by atoms with E-state index in [-0.39, 0.29) is 23.8 Å². The molecule has 0 aromatic carbocycles. The summed E-state index contributed by atoms with van der Waals surface area (Å²) in [5.74, 6) is 0.0442. The molecule has 0 radical (unpaired) electrons. The van der Waals surface area contributed by atoms with Gasteiger partial charge in [0.1, 0.15) is 0 Å². The van der Waals surface area contributed by atoms with Crippen molar-refractivity contribution in [3.05, 3.63) is 0 Å². The zero-order chi connectivity index (χ0) is 17.7. The van der Waals surface area contributed by atoms with E-state index in [1.165, 1.54) is 0 Å². The van der Waals surface area contributed by atoms with Crippen LogP contribution in [0.4, 0.5) is 0 Å². The summed E-state index contributed by atoms with van der Waals surface area (Å²) in [7, 11) is 2.12. The molecular weight excluding hydrogens is 306 g/mol. The first-order chi connectivity index (χ1) is 11.5. The lowest BCUT2D eigenvalue weighted by molar-refractivity contribution is -0.150. The van der Waals surface area contributed by atoms with E-state index < -0.39 is 0 Å². The fourth-order valence-corrected chi connectivity index (χ4v) is 3.83. The van der Waals surface area contributed by atoms with Gasteiger partial charge in [0.05, 0.1) is 6.10 Å². The average Bonchev–Trinajstić information content (AvgIpc) is 2.56. The molecule has 3 heterocycles. The topological polar surface area (TPSA) is 64.1 Å². The predicted molar refractivity (Wildman–Crippen MR) is 93.5 cm³/mol. The van der Waals surface area contributed by atoms with Crippen molar-refractivity contribution in [2.45, 2.75) is 58.1 Å². The molecule has 1 unspecified atom stereocenters. The van der Waals surface area contributed by atoms with E-state index in [1.807, 2.05) is 18.7 Å². The van der Waals surface area contributed by atoms with E-state index in [0.29, 0.717) is 25.6 Å². The number of likely N-dealkylation sites (tertiary alicyclic amines) is 3. The van der Waals surface area contributed by atoms with E-state index in [4.69, 9.17) is 0 Å². The van der Waals surface area contributed by atoms with E-state index in [9.17, 15) is 14.7 Å². The van der Waals surface area contributed by atoms with Gasteiger partial charge in [0, 0.05) is 38.0 Å². The van der Waals surface area contributed by atoms with E-state index >= 15 is 0 Å². The number of piperidine rings is 2. The van der Waals surface area contributed by atoms with Crippen LogP contribution in [0.3, 0.4) is 0 Å². The molecule has 3 saturated heterocycles. The van der Waals surface area contributed by atoms with Crippen molar-refractivity contribution in [2.24, 2.45) is 5.92 Å². The highest BCUT2D eigenvalue weighted by Crippen LogP contribution is 2.27. The summed E-state index contributed by atoms with van der Waals surface area (Å²) in [6.45, 7) is 7.80. The Kier molecular flexibility index (Phi) is 7.04. The number of amides is 2. The second-order valence-corrected chi connectivity index (χ2v) is 7.06. The largest absolute Gasteiger partial charge is 0.389 e. The maximum absolute atomic E-state index is 12.7. The summed E-state index contributed by atoms with van der Waals surface area (Å²) < 4.78 is 0. The summed E-state index contributed by atoms with van der Waals surface area (Å²) in [5.41, 5.74) is 0. The van der Waals surface area contributed by atoms with Gasteiger partial charge in [-0.05, 0) is 45.8 Å². The number of aliphatic hydroxyl groups is 1. The molecule has 0 saturated carbocycles. The molecular formula is C18H33N3O3. The Balaban J connectivity index is 0.00000100. The summed E-state index contributed by atoms with van der Waals surface area (Å²) in [6, 6.07) is 0.354. The van der Waals surface area contributed by atoms with Gasteiger partial charge >= 0.3 is 0 Å². The van der Waals surface area contributed by atoms with Gasteiger partial charge in [-0.1, -0.05) is 13.8 Å². The van der Waals surface area contributed by atoms with Crippen molar-refractivity contribution < 1.29 is 14.7 Å². The molecule has 0 aliphatic carbocycles. The molecule has 3 aliphatic rings. The highest BCUT2D eigenvalue weighted by Gasteiger charge is 2.37. The van der Waals surface area contributed by atoms with Crippen LogP contribution in [-0.4, -0.2) is 83.5 Å². The number of aliphatic hydroxyl groups excluding tert-OH is 1. The van der Waals surface area contributed by atoms with Crippen LogP contribution in [0.2, 0.25) is 0 Å². The van der Waals surface area contributed by atoms with Crippen molar-refractivity contribution in [1.29, 1.82) is 0 Å². The van der Waals surface area contributed by atoms with Crippen molar-refractivity contribution >= 4 is 11.8 Å². The minimum absolute atomic E-state index is 0.0221. The van der Waals surface area contributed by atoms with Crippen molar-refractivity contribution in [1.82, 2.24) is 14.7 Å². The molecule has 0 aromatic rings. The fourth-order valence-electron chi connectivity index (χ4n) is 3.83. The molecule has 3 fully saturated rings. The van der Waals surface area contributed by atoms with Gasteiger partial charge in [0.15, 0.2) is 0 Å². The van der Waals surface area contributed by atoms with Gasteiger partial charge < -0.3 is 19.8 Å². The number of rotatable bonds is 3. The number of carbonyl (C=O) groups excluding carboxylic acids is 2. The Hall–Kier alpha value is -1.14. The van der Waals surface area contributed by atoms with Crippen LogP contribution in [0, 0.1) is 5.92 Å². The van der Waals surface area contributed by atoms with E-state index in [0.717, 1.165) is 45.3 Å². The Morgan fingerprint density at radius 3 is 2.33 bits per heavy atom. The van der Waals surface area contributed by atoms with Crippen LogP contribution >= 0.6 is 0 Å². The predicted octanol–water partition coefficient (Wildman–Crippen LogP) is 0.939. The van der Waals surface area contributed by atoms with Crippen LogP contribution < -0.4 is 0 Å². The highest BCUT2D eigenvalue weighted by molar-refractivity contribution is 5.86. The molecule has 3 rings (SSSR count). The maximum atomic E-state index is 12.7. The van der Waals surface area contributed by atoms with Gasteiger partial charge in [-0.2, -0.15) is 0 Å². The van der Waals surface area contributed by atoms with Gasteiger partial charge in [0.25, 0.3) is 0 Å². The van der Waals surface area contributed by atoms with Crippen LogP contribution in [0.1, 0.15) is 46.0 Å². The normalized spacial score (nSPS) is 26.7. The lowest BCUT2D eigenvalue weighted by Gasteiger charge is -2.42. The van der Waals surface area contributed by atoms with Crippen LogP contribution in [0.15, 0.2) is 0 Å². The van der Waals surface area contributed by atoms with E-state index in [1.54, 1.807) is 4.90 Å². The van der Waals surface area contributed by atoms with Crippen LogP contribution in [-0.2, 0) is 9.59 Å². The Labute approximate surface area is 145 Å². The number of hydrogen-bond donors (Lipinski definition) is 1. The molecule has 24 heavy (non-hydrogen) atoms. The molecule has 6 heteroatoms. The molecule has 0 aromatic heterocycles. The molecule has 3 aliphatic heterocycles. The first-order valence-electron chi connectivity index (χ1n) is 9.49. The maximum Gasteiger partial charge on any atom is 0.226 e. The van der Waals surface area contributed by atoms with Gasteiger partial charge in [-0.3, -0.25) is 9.59 Å². The number of hydrogen-bond acceptors (Lipinski definition) is 4. The van der Waals surface area contributed by atoms with Crippen LogP contribution in [0.5, 0.6) is 0 Å². The first-order valence-corrected chi connectivity index (χ1v) is 9.49. The van der Waals surface area contributed by atoms with E-state index in [2.05, 4.69) is 11.9 Å². The number of nitrogens with zero attached hydrogens (tertiary/aromatic N) is 3. The highest BCUT2D eigenvalue weighted by atomic mass is 16.3. The lowest BCUT2D eigenvalue weighted by Crippen LogP contribution is -2.55. The van der Waals surface area contributed by atoms with Gasteiger partial charge in [-0.25, -0.2) is 0 Å². The van der Waals surface area contributed by atoms with Gasteiger partial charge in [0.2, 0.25) is 11.8 Å². The van der Waals surface area contributed by atoms with Crippen LogP contribution in [0.25, 0.3) is 0 Å². The summed E-state index contributed by atoms with van der Waals surface area (Å²) in [4.78, 5) is 30.9. The van der Waals surface area contributed by atoms with Gasteiger partial charge in [-0.15, -0.1) is 0 Å². The minimum atomic E-state index is -0.373. The third-order valence-electron chi connectivity index (χ3n) is 5.35. The third-order valence-corrected chi connectivity index (χ3v) is 5.35. The smallest absolute Gasteiger partial charge is 0.226 e. The summed E-state index contributed by atoms with van der Waals surface area (Å²) >= 11 is 0. The lowest BCUT2D eigenvalue weighted by atomic mass is 9.90. The van der Waals surface area contributed by atoms with Crippen molar-refractivity contribution in [3.8, 4) is 0 Å². The van der Waals surface area contributed by atoms with Crippen molar-refractivity contribution in [3.63, 3.8) is 0 Å². The summed E-state index contributed by atoms with van der Waals surface area (Å²) in [6.07, 6.45) is 3.85. The average molecular weight is 339 g/mol. The molecule has 138 valence electrons. The third kappa shape index (κ3) is 4.48. The molecule has 0 bridgehead atoms. The summed E-state index contributed by atoms with van der Waals surface area (Å²) in [5, 5.41) is 9.29. The SMILES string of the molecule is CC.CN1CCC(N2CCCC(CC(=O)N3CC(O)C3)C2=O)CC1. The zero-order valence-corrected chi connectivity index (χ0v) is 15.4.